The Kier molecular flexibility index (Phi) is 5.84. The van der Waals surface area contributed by atoms with Crippen LogP contribution in [0, 0.1) is 0 Å². The van der Waals surface area contributed by atoms with Crippen LogP contribution < -0.4 is 5.32 Å². The molecule has 0 spiro atoms. The smallest absolute Gasteiger partial charge is 0.308 e. The van der Waals surface area contributed by atoms with Crippen molar-refractivity contribution >= 4 is 23.7 Å². The van der Waals surface area contributed by atoms with Gasteiger partial charge in [-0.05, 0) is 24.6 Å². The van der Waals surface area contributed by atoms with E-state index in [0.717, 1.165) is 10.5 Å². The van der Waals surface area contributed by atoms with Crippen molar-refractivity contribution in [1.29, 1.82) is 0 Å². The normalized spacial score (nSPS) is 13.8. The summed E-state index contributed by atoms with van der Waals surface area (Å²) < 4.78 is 4.95. The van der Waals surface area contributed by atoms with Crippen molar-refractivity contribution in [2.45, 2.75) is 19.4 Å². The topological polar surface area (TPSA) is 92.8 Å². The van der Waals surface area contributed by atoms with Crippen LogP contribution in [0.1, 0.15) is 45.7 Å². The molecule has 3 amide bonds. The number of carbonyl (C=O) groups is 4. The lowest BCUT2D eigenvalue weighted by Gasteiger charge is -2.15. The van der Waals surface area contributed by atoms with Crippen LogP contribution in [0.15, 0.2) is 54.6 Å². The summed E-state index contributed by atoms with van der Waals surface area (Å²) in [6, 6.07) is 15.7. The Hall–Kier alpha value is -3.48. The minimum Gasteiger partial charge on any atom is -0.456 e. The highest BCUT2D eigenvalue weighted by molar-refractivity contribution is 6.21. The van der Waals surface area contributed by atoms with Crippen LogP contribution >= 0.6 is 0 Å². The summed E-state index contributed by atoms with van der Waals surface area (Å²) in [5.41, 5.74) is 1.60. The van der Waals surface area contributed by atoms with Crippen LogP contribution in [-0.4, -0.2) is 41.7 Å². The quantitative estimate of drug-likeness (QED) is 0.587. The fourth-order valence-corrected chi connectivity index (χ4v) is 2.97. The number of esters is 1. The van der Waals surface area contributed by atoms with Gasteiger partial charge >= 0.3 is 5.97 Å². The maximum absolute atomic E-state index is 12.2. The van der Waals surface area contributed by atoms with Gasteiger partial charge in [-0.2, -0.15) is 0 Å². The molecule has 2 aromatic rings. The number of hydrogen-bond donors (Lipinski definition) is 1. The second-order valence-electron chi connectivity index (χ2n) is 6.42. The minimum atomic E-state index is -0.654. The minimum absolute atomic E-state index is 0.0901. The zero-order valence-electron chi connectivity index (χ0n) is 15.4. The first kappa shape index (κ1) is 19.3. The predicted octanol–water partition coefficient (Wildman–Crippen LogP) is 2.09. The molecule has 3 rings (SSSR count). The number of fused-ring (bicyclic) bond motifs is 1. The second-order valence-corrected chi connectivity index (χ2v) is 6.42. The Morgan fingerprint density at radius 3 is 2.14 bits per heavy atom. The van der Waals surface area contributed by atoms with E-state index in [1.807, 2.05) is 37.3 Å². The van der Waals surface area contributed by atoms with Crippen molar-refractivity contribution < 1.29 is 23.9 Å². The Morgan fingerprint density at radius 1 is 0.964 bits per heavy atom. The zero-order chi connectivity index (χ0) is 20.1. The first-order valence-corrected chi connectivity index (χ1v) is 8.92. The molecule has 1 heterocycles. The van der Waals surface area contributed by atoms with Crippen LogP contribution in [0.25, 0.3) is 0 Å². The third-order valence-corrected chi connectivity index (χ3v) is 4.46. The molecular weight excluding hydrogens is 360 g/mol. The summed E-state index contributed by atoms with van der Waals surface area (Å²) in [7, 11) is 0. The van der Waals surface area contributed by atoms with E-state index in [0.29, 0.717) is 11.1 Å². The van der Waals surface area contributed by atoms with Gasteiger partial charge in [-0.15, -0.1) is 0 Å². The lowest BCUT2D eigenvalue weighted by Crippen LogP contribution is -2.34. The molecule has 0 radical (unpaired) electrons. The third-order valence-electron chi connectivity index (χ3n) is 4.46. The fraction of sp³-hybridized carbons (Fsp3) is 0.238. The van der Waals surface area contributed by atoms with Gasteiger partial charge in [-0.25, -0.2) is 0 Å². The Bertz CT molecular complexity index is 875. The van der Waals surface area contributed by atoms with Crippen LogP contribution in [0.4, 0.5) is 0 Å². The number of carbonyl (C=O) groups excluding carboxylic acids is 4. The molecule has 0 bridgehead atoms. The van der Waals surface area contributed by atoms with E-state index in [-0.39, 0.29) is 19.0 Å². The molecule has 0 saturated heterocycles. The number of benzene rings is 2. The largest absolute Gasteiger partial charge is 0.456 e. The van der Waals surface area contributed by atoms with Crippen LogP contribution in [0.2, 0.25) is 0 Å². The summed E-state index contributed by atoms with van der Waals surface area (Å²) in [6.45, 7) is 1.32. The van der Waals surface area contributed by atoms with Gasteiger partial charge in [0.25, 0.3) is 17.7 Å². The van der Waals surface area contributed by atoms with Gasteiger partial charge < -0.3 is 10.1 Å². The molecular formula is C21H20N2O5. The van der Waals surface area contributed by atoms with Gasteiger partial charge in [0.2, 0.25) is 0 Å². The molecule has 28 heavy (non-hydrogen) atoms. The highest BCUT2D eigenvalue weighted by Gasteiger charge is 2.35. The fourth-order valence-electron chi connectivity index (χ4n) is 2.97. The van der Waals surface area contributed by atoms with Crippen LogP contribution in [0.3, 0.4) is 0 Å². The lowest BCUT2D eigenvalue weighted by molar-refractivity contribution is -0.148. The number of imide groups is 1. The standard InChI is InChI=1S/C21H20N2O5/c1-14(15-7-3-2-4-8-15)22-18(24)13-28-19(25)11-12-23-20(26)16-9-5-6-10-17(16)21(23)27/h2-10,14H,11-13H2,1H3,(H,22,24)/t14-/m1/s1. The zero-order valence-corrected chi connectivity index (χ0v) is 15.4. The molecule has 2 aromatic carbocycles. The monoisotopic (exact) mass is 380 g/mol. The van der Waals surface area contributed by atoms with Crippen LogP contribution in [0.5, 0.6) is 0 Å². The second kappa shape index (κ2) is 8.47. The summed E-state index contributed by atoms with van der Waals surface area (Å²) in [6.07, 6.45) is -0.174. The molecule has 1 atom stereocenters. The molecule has 1 N–H and O–H groups in total. The average Bonchev–Trinajstić information content (AvgIpc) is 2.96. The number of rotatable bonds is 7. The average molecular weight is 380 g/mol. The van der Waals surface area contributed by atoms with E-state index in [9.17, 15) is 19.2 Å². The van der Waals surface area contributed by atoms with Crippen molar-refractivity contribution in [3.63, 3.8) is 0 Å². The molecule has 144 valence electrons. The van der Waals surface area contributed by atoms with E-state index < -0.39 is 30.3 Å². The van der Waals surface area contributed by atoms with Crippen LogP contribution in [-0.2, 0) is 14.3 Å². The van der Waals surface area contributed by atoms with Crippen molar-refractivity contribution in [2.24, 2.45) is 0 Å². The van der Waals surface area contributed by atoms with Crippen molar-refractivity contribution in [3.05, 3.63) is 71.3 Å². The van der Waals surface area contributed by atoms with Crippen molar-refractivity contribution in [3.8, 4) is 0 Å². The van der Waals surface area contributed by atoms with E-state index in [1.54, 1.807) is 24.3 Å². The molecule has 7 heteroatoms. The number of hydrogen-bond acceptors (Lipinski definition) is 5. The Morgan fingerprint density at radius 2 is 1.54 bits per heavy atom. The van der Waals surface area contributed by atoms with E-state index in [4.69, 9.17) is 4.74 Å². The number of nitrogens with zero attached hydrogens (tertiary/aromatic N) is 1. The predicted molar refractivity (Wildman–Crippen MR) is 100 cm³/mol. The summed E-state index contributed by atoms with van der Waals surface area (Å²) >= 11 is 0. The number of amides is 3. The van der Waals surface area contributed by atoms with Crippen molar-refractivity contribution in [1.82, 2.24) is 10.2 Å². The van der Waals surface area contributed by atoms with Gasteiger partial charge in [0.05, 0.1) is 23.6 Å². The van der Waals surface area contributed by atoms with Gasteiger partial charge in [0, 0.05) is 6.54 Å². The first-order valence-electron chi connectivity index (χ1n) is 8.92. The summed E-state index contributed by atoms with van der Waals surface area (Å²) in [5, 5.41) is 2.74. The Labute approximate surface area is 162 Å². The van der Waals surface area contributed by atoms with Gasteiger partial charge in [0.15, 0.2) is 6.61 Å². The SMILES string of the molecule is C[C@@H](NC(=O)COC(=O)CCN1C(=O)c2ccccc2C1=O)c1ccccc1. The maximum atomic E-state index is 12.2. The number of ether oxygens (including phenoxy) is 1. The summed E-state index contributed by atoms with van der Waals surface area (Å²) in [4.78, 5) is 49.3. The Balaban J connectivity index is 1.43. The molecule has 1 aliphatic heterocycles. The molecule has 0 aliphatic carbocycles. The molecule has 0 fully saturated rings. The molecule has 0 aromatic heterocycles. The molecule has 1 aliphatic rings. The first-order chi connectivity index (χ1) is 13.5. The van der Waals surface area contributed by atoms with Gasteiger partial charge in [0.1, 0.15) is 0 Å². The van der Waals surface area contributed by atoms with E-state index in [2.05, 4.69) is 5.32 Å². The molecule has 0 unspecified atom stereocenters. The van der Waals surface area contributed by atoms with Gasteiger partial charge in [-0.3, -0.25) is 24.1 Å². The van der Waals surface area contributed by atoms with Gasteiger partial charge in [-0.1, -0.05) is 42.5 Å². The number of nitrogens with one attached hydrogen (secondary N) is 1. The lowest BCUT2D eigenvalue weighted by atomic mass is 10.1. The third kappa shape index (κ3) is 4.25. The van der Waals surface area contributed by atoms with Crippen molar-refractivity contribution in [2.75, 3.05) is 13.2 Å². The highest BCUT2D eigenvalue weighted by atomic mass is 16.5. The molecule has 7 nitrogen and oxygen atoms in total. The van der Waals surface area contributed by atoms with E-state index >= 15 is 0 Å². The summed E-state index contributed by atoms with van der Waals surface area (Å²) in [5.74, 6) is -1.94. The highest BCUT2D eigenvalue weighted by Crippen LogP contribution is 2.22. The molecule has 0 saturated carbocycles. The maximum Gasteiger partial charge on any atom is 0.308 e. The van der Waals surface area contributed by atoms with E-state index in [1.165, 1.54) is 0 Å².